The number of likely N-dealkylation sites (tertiary alicyclic amines) is 2. The van der Waals surface area contributed by atoms with Gasteiger partial charge in [-0.1, -0.05) is 0 Å². The Morgan fingerprint density at radius 2 is 2.00 bits per heavy atom. The molecule has 5 aliphatic rings. The summed E-state index contributed by atoms with van der Waals surface area (Å²) in [7, 11) is 2.09. The summed E-state index contributed by atoms with van der Waals surface area (Å²) in [5, 5.41) is 20.7. The Morgan fingerprint density at radius 1 is 1.22 bits per heavy atom. The van der Waals surface area contributed by atoms with Crippen LogP contribution in [0.4, 0.5) is 9.18 Å². The fourth-order valence-corrected chi connectivity index (χ4v) is 9.07. The maximum atomic E-state index is 16.3. The second-order valence-electron chi connectivity index (χ2n) is 13.2. The molecule has 5 fully saturated rings. The van der Waals surface area contributed by atoms with E-state index in [9.17, 15) is 20.0 Å². The Kier molecular flexibility index (Phi) is 7.68. The number of carboxylic acid groups (broad SMARTS) is 1. The van der Waals surface area contributed by atoms with Crippen molar-refractivity contribution in [3.8, 4) is 11.9 Å². The minimum Gasteiger partial charge on any atom is -0.472 e. The van der Waals surface area contributed by atoms with E-state index in [0.717, 1.165) is 55.2 Å². The van der Waals surface area contributed by atoms with Gasteiger partial charge in [-0.05, 0) is 92.7 Å². The monoisotopic (exact) mass is 680 g/mol. The van der Waals surface area contributed by atoms with Crippen molar-refractivity contribution in [2.24, 2.45) is 5.92 Å². The molecular formula is C33H38BrFN6O4. The van der Waals surface area contributed by atoms with Gasteiger partial charge in [0.25, 0.3) is 0 Å². The smallest absolute Gasteiger partial charge is 0.407 e. The van der Waals surface area contributed by atoms with Crippen molar-refractivity contribution in [3.05, 3.63) is 33.7 Å². The standard InChI is InChI=1S/C33H38BrFN6O4/c1-17(23-8-5-11-38(23)3)45-32-22-15-25(24-9-6-12-39(24)18(2)42)41(30-20-14-26(30)40(16-20)33(43)44)31(22)21-13-19(7-4-10-36)27(34)28(35)29(21)37-32/h13,15,17,20,23-24,26,30H,4-9,11-12,14,16H2,1-3H3,(H,43,44)/t17-,20+,23?,24?,26+,30-/m0/s1. The number of nitriles is 1. The van der Waals surface area contributed by atoms with E-state index in [-0.39, 0.29) is 58.5 Å². The zero-order valence-corrected chi connectivity index (χ0v) is 27.4. The summed E-state index contributed by atoms with van der Waals surface area (Å²) >= 11 is 3.45. The van der Waals surface area contributed by atoms with Gasteiger partial charge in [0.2, 0.25) is 11.8 Å². The molecule has 45 heavy (non-hydrogen) atoms. The third kappa shape index (κ3) is 4.76. The first-order valence-electron chi connectivity index (χ1n) is 16.0. The molecule has 1 saturated carbocycles. The number of ether oxygens (including phenoxy) is 1. The number of pyridine rings is 1. The molecular weight excluding hydrogens is 643 g/mol. The molecule has 6 atom stereocenters. The van der Waals surface area contributed by atoms with Gasteiger partial charge in [0, 0.05) is 49.5 Å². The summed E-state index contributed by atoms with van der Waals surface area (Å²) < 4.78 is 25.5. The fraction of sp³-hybridized carbons (Fsp3) is 0.576. The summed E-state index contributed by atoms with van der Waals surface area (Å²) in [4.78, 5) is 35.6. The van der Waals surface area contributed by atoms with Crippen LogP contribution in [0.15, 0.2) is 16.6 Å². The molecule has 238 valence electrons. The van der Waals surface area contributed by atoms with Crippen LogP contribution in [-0.4, -0.2) is 86.2 Å². The minimum atomic E-state index is -0.937. The second kappa shape index (κ2) is 11.4. The van der Waals surface area contributed by atoms with Crippen LogP contribution in [0.25, 0.3) is 21.8 Å². The molecule has 3 aromatic rings. The van der Waals surface area contributed by atoms with Gasteiger partial charge in [-0.15, -0.1) is 0 Å². The number of fused-ring (bicyclic) bond motifs is 4. The molecule has 4 aliphatic heterocycles. The molecule has 4 saturated heterocycles. The number of hydrogen-bond acceptors (Lipinski definition) is 6. The summed E-state index contributed by atoms with van der Waals surface area (Å²) in [6.45, 7) is 5.69. The lowest BCUT2D eigenvalue weighted by atomic mass is 9.79. The van der Waals surface area contributed by atoms with E-state index < -0.39 is 11.9 Å². The van der Waals surface area contributed by atoms with Gasteiger partial charge in [0.15, 0.2) is 5.82 Å². The zero-order valence-electron chi connectivity index (χ0n) is 25.8. The molecule has 1 aliphatic carbocycles. The molecule has 1 aromatic carbocycles. The topological polar surface area (TPSA) is 115 Å². The average Bonchev–Trinajstić information content (AvgIpc) is 3.82. The Hall–Kier alpha value is -3.43. The highest BCUT2D eigenvalue weighted by Gasteiger charge is 2.56. The number of nitrogens with zero attached hydrogens (tertiary/aromatic N) is 6. The van der Waals surface area contributed by atoms with Crippen molar-refractivity contribution in [1.82, 2.24) is 24.3 Å². The first-order chi connectivity index (χ1) is 21.6. The minimum absolute atomic E-state index is 0.0100. The van der Waals surface area contributed by atoms with Crippen LogP contribution in [0.2, 0.25) is 0 Å². The van der Waals surface area contributed by atoms with Gasteiger partial charge >= 0.3 is 6.09 Å². The van der Waals surface area contributed by atoms with Crippen LogP contribution >= 0.6 is 15.9 Å². The number of rotatable bonds is 7. The fourth-order valence-electron chi connectivity index (χ4n) is 8.57. The average molecular weight is 682 g/mol. The molecule has 2 amide bonds. The molecule has 10 nitrogen and oxygen atoms in total. The van der Waals surface area contributed by atoms with Crippen LogP contribution in [0, 0.1) is 23.1 Å². The van der Waals surface area contributed by atoms with Gasteiger partial charge in [-0.2, -0.15) is 5.26 Å². The highest BCUT2D eigenvalue weighted by atomic mass is 79.9. The predicted octanol–water partition coefficient (Wildman–Crippen LogP) is 6.02. The Morgan fingerprint density at radius 3 is 2.67 bits per heavy atom. The van der Waals surface area contributed by atoms with E-state index in [1.807, 2.05) is 17.9 Å². The van der Waals surface area contributed by atoms with E-state index >= 15 is 4.39 Å². The molecule has 0 radical (unpaired) electrons. The molecule has 2 unspecified atom stereocenters. The zero-order chi connectivity index (χ0) is 31.7. The SMILES string of the molecule is CC(=O)N1CCCC1c1cc2c(O[C@@H](C)C3CCCN3C)nc3c(F)c(Br)c(CCC#N)cc3c2n1[C@H]1[C@@H]2C[C@H]1N(C(=O)O)C2. The quantitative estimate of drug-likeness (QED) is 0.325. The number of carbonyl (C=O) groups is 2. The van der Waals surface area contributed by atoms with Crippen LogP contribution in [0.1, 0.15) is 75.7 Å². The maximum Gasteiger partial charge on any atom is 0.407 e. The Labute approximate surface area is 269 Å². The third-order valence-corrected chi connectivity index (χ3v) is 11.6. The number of hydrogen-bond donors (Lipinski definition) is 1. The number of carbonyl (C=O) groups excluding carboxylic acids is 1. The number of amides is 2. The van der Waals surface area contributed by atoms with E-state index in [4.69, 9.17) is 9.72 Å². The van der Waals surface area contributed by atoms with E-state index in [1.54, 1.807) is 6.92 Å². The Bertz CT molecular complexity index is 1750. The Balaban J connectivity index is 1.51. The van der Waals surface area contributed by atoms with Gasteiger partial charge in [0.1, 0.15) is 11.6 Å². The van der Waals surface area contributed by atoms with Crippen molar-refractivity contribution >= 4 is 49.7 Å². The molecule has 1 N–H and O–H groups in total. The van der Waals surface area contributed by atoms with Crippen LogP contribution < -0.4 is 4.74 Å². The van der Waals surface area contributed by atoms with Gasteiger partial charge in [-0.3, -0.25) is 9.69 Å². The molecule has 6 heterocycles. The molecule has 0 spiro atoms. The number of aromatic nitrogens is 2. The van der Waals surface area contributed by atoms with E-state index in [1.165, 1.54) is 4.90 Å². The van der Waals surface area contributed by atoms with E-state index in [0.29, 0.717) is 36.3 Å². The van der Waals surface area contributed by atoms with Crippen LogP contribution in [-0.2, 0) is 11.2 Å². The van der Waals surface area contributed by atoms with Crippen molar-refractivity contribution in [3.63, 3.8) is 0 Å². The number of likely N-dealkylation sites (N-methyl/N-ethyl adjacent to an activating group) is 1. The van der Waals surface area contributed by atoms with Gasteiger partial charge in [-0.25, -0.2) is 14.2 Å². The lowest BCUT2D eigenvalue weighted by Crippen LogP contribution is -2.43. The maximum absolute atomic E-state index is 16.3. The molecule has 12 heteroatoms. The van der Waals surface area contributed by atoms with Gasteiger partial charge in [0.05, 0.1) is 39.6 Å². The highest BCUT2D eigenvalue weighted by molar-refractivity contribution is 9.10. The van der Waals surface area contributed by atoms with Crippen molar-refractivity contribution in [2.45, 2.75) is 89.1 Å². The summed E-state index contributed by atoms with van der Waals surface area (Å²) in [5.74, 6) is -0.0779. The summed E-state index contributed by atoms with van der Waals surface area (Å²) in [5.41, 5.74) is 2.50. The number of halogens is 2. The molecule has 2 aromatic heterocycles. The van der Waals surface area contributed by atoms with Crippen LogP contribution in [0.5, 0.6) is 5.88 Å². The summed E-state index contributed by atoms with van der Waals surface area (Å²) in [6, 6.07) is 5.76. The molecule has 8 rings (SSSR count). The summed E-state index contributed by atoms with van der Waals surface area (Å²) in [6.07, 6.45) is 3.93. The molecule has 2 bridgehead atoms. The first-order valence-corrected chi connectivity index (χ1v) is 16.8. The predicted molar refractivity (Wildman–Crippen MR) is 170 cm³/mol. The van der Waals surface area contributed by atoms with Crippen molar-refractivity contribution < 1.29 is 23.8 Å². The van der Waals surface area contributed by atoms with Crippen molar-refractivity contribution in [2.75, 3.05) is 26.7 Å². The number of benzene rings is 1. The van der Waals surface area contributed by atoms with E-state index in [2.05, 4.69) is 44.6 Å². The van der Waals surface area contributed by atoms with Crippen molar-refractivity contribution in [1.29, 1.82) is 5.26 Å². The highest BCUT2D eigenvalue weighted by Crippen LogP contribution is 2.54. The first kappa shape index (κ1) is 30.2. The van der Waals surface area contributed by atoms with Crippen LogP contribution in [0.3, 0.4) is 0 Å². The third-order valence-electron chi connectivity index (χ3n) is 10.7. The lowest BCUT2D eigenvalue weighted by molar-refractivity contribution is -0.129. The largest absolute Gasteiger partial charge is 0.472 e. The second-order valence-corrected chi connectivity index (χ2v) is 14.0. The van der Waals surface area contributed by atoms with Gasteiger partial charge < -0.3 is 24.2 Å². The number of aryl methyl sites for hydroxylation is 1. The normalized spacial score (nSPS) is 26.9. The lowest BCUT2D eigenvalue weighted by Gasteiger charge is -2.40.